The van der Waals surface area contributed by atoms with Gasteiger partial charge in [-0.1, -0.05) is 11.2 Å². The van der Waals surface area contributed by atoms with Crippen molar-refractivity contribution in [3.8, 4) is 6.07 Å². The lowest BCUT2D eigenvalue weighted by Gasteiger charge is -2.15. The number of carbonyl (C=O) groups is 1. The van der Waals surface area contributed by atoms with Gasteiger partial charge in [-0.2, -0.15) is 5.26 Å². The summed E-state index contributed by atoms with van der Waals surface area (Å²) in [6.07, 6.45) is 0. The number of anilines is 1. The summed E-state index contributed by atoms with van der Waals surface area (Å²) in [7, 11) is 1.63. The van der Waals surface area contributed by atoms with E-state index in [0.717, 1.165) is 0 Å². The van der Waals surface area contributed by atoms with Crippen molar-refractivity contribution in [2.45, 2.75) is 6.92 Å². The van der Waals surface area contributed by atoms with E-state index in [1.807, 2.05) is 6.07 Å². The standard InChI is InChI=1S/C13H11N3O2/c1-9-6-12(15-18-9)13(17)16(2)11-5-3-4-10(7-11)8-14/h3-7H,1-2H3. The van der Waals surface area contributed by atoms with Crippen molar-refractivity contribution in [1.82, 2.24) is 5.16 Å². The van der Waals surface area contributed by atoms with Crippen LogP contribution in [-0.4, -0.2) is 18.1 Å². The maximum Gasteiger partial charge on any atom is 0.280 e. The molecular weight excluding hydrogens is 230 g/mol. The predicted molar refractivity (Wildman–Crippen MR) is 65.1 cm³/mol. The number of aryl methyl sites for hydroxylation is 1. The fourth-order valence-corrected chi connectivity index (χ4v) is 1.54. The first kappa shape index (κ1) is 11.9. The molecule has 0 saturated carbocycles. The monoisotopic (exact) mass is 241 g/mol. The quantitative estimate of drug-likeness (QED) is 0.807. The summed E-state index contributed by atoms with van der Waals surface area (Å²) in [5.41, 5.74) is 1.39. The summed E-state index contributed by atoms with van der Waals surface area (Å²) in [4.78, 5) is 13.5. The molecule has 5 heteroatoms. The summed E-state index contributed by atoms with van der Waals surface area (Å²) >= 11 is 0. The first-order chi connectivity index (χ1) is 8.61. The molecule has 0 unspecified atom stereocenters. The molecule has 0 spiro atoms. The summed E-state index contributed by atoms with van der Waals surface area (Å²) < 4.78 is 4.87. The van der Waals surface area contributed by atoms with Gasteiger partial charge in [-0.3, -0.25) is 4.79 Å². The third-order valence-corrected chi connectivity index (χ3v) is 2.51. The molecule has 0 fully saturated rings. The number of nitriles is 1. The van der Waals surface area contributed by atoms with Gasteiger partial charge < -0.3 is 9.42 Å². The van der Waals surface area contributed by atoms with E-state index in [9.17, 15) is 4.79 Å². The van der Waals surface area contributed by atoms with Gasteiger partial charge in [-0.05, 0) is 25.1 Å². The Bertz CT molecular complexity index is 625. The molecule has 0 aliphatic heterocycles. The van der Waals surface area contributed by atoms with Crippen molar-refractivity contribution >= 4 is 11.6 Å². The van der Waals surface area contributed by atoms with Crippen LogP contribution in [0.4, 0.5) is 5.69 Å². The van der Waals surface area contributed by atoms with Gasteiger partial charge in [0.2, 0.25) is 0 Å². The van der Waals surface area contributed by atoms with E-state index < -0.39 is 0 Å². The van der Waals surface area contributed by atoms with E-state index >= 15 is 0 Å². The molecule has 0 N–H and O–H groups in total. The van der Waals surface area contributed by atoms with Crippen molar-refractivity contribution in [3.05, 3.63) is 47.3 Å². The molecule has 0 aliphatic rings. The molecule has 0 radical (unpaired) electrons. The minimum atomic E-state index is -0.276. The fourth-order valence-electron chi connectivity index (χ4n) is 1.54. The van der Waals surface area contributed by atoms with Crippen molar-refractivity contribution in [2.75, 3.05) is 11.9 Å². The normalized spacial score (nSPS) is 9.83. The third kappa shape index (κ3) is 2.23. The molecule has 0 bridgehead atoms. The van der Waals surface area contributed by atoms with Crippen LogP contribution in [0.2, 0.25) is 0 Å². The fraction of sp³-hybridized carbons (Fsp3) is 0.154. The molecule has 2 rings (SSSR count). The van der Waals surface area contributed by atoms with Crippen molar-refractivity contribution < 1.29 is 9.32 Å². The van der Waals surface area contributed by atoms with Crippen LogP contribution in [0.15, 0.2) is 34.9 Å². The lowest BCUT2D eigenvalue weighted by atomic mass is 10.2. The van der Waals surface area contributed by atoms with Crippen LogP contribution in [0, 0.1) is 18.3 Å². The number of amides is 1. The summed E-state index contributed by atoms with van der Waals surface area (Å²) in [6, 6.07) is 10.4. The second-order valence-corrected chi connectivity index (χ2v) is 3.85. The zero-order valence-electron chi connectivity index (χ0n) is 10.0. The first-order valence-electron chi connectivity index (χ1n) is 5.33. The average Bonchev–Trinajstić information content (AvgIpc) is 2.83. The number of carbonyl (C=O) groups excluding carboxylic acids is 1. The van der Waals surface area contributed by atoms with Crippen LogP contribution in [0.1, 0.15) is 21.8 Å². The molecule has 18 heavy (non-hydrogen) atoms. The maximum atomic E-state index is 12.1. The van der Waals surface area contributed by atoms with Crippen LogP contribution in [0.5, 0.6) is 0 Å². The molecule has 1 amide bonds. The maximum absolute atomic E-state index is 12.1. The van der Waals surface area contributed by atoms with Crippen LogP contribution in [-0.2, 0) is 0 Å². The molecular formula is C13H11N3O2. The van der Waals surface area contributed by atoms with Gasteiger partial charge in [0.25, 0.3) is 5.91 Å². The number of rotatable bonds is 2. The predicted octanol–water partition coefficient (Wildman–Crippen LogP) is 2.13. The van der Waals surface area contributed by atoms with Gasteiger partial charge in [0, 0.05) is 18.8 Å². The van der Waals surface area contributed by atoms with Gasteiger partial charge in [0.15, 0.2) is 5.69 Å². The molecule has 0 atom stereocenters. The zero-order chi connectivity index (χ0) is 13.1. The lowest BCUT2D eigenvalue weighted by Crippen LogP contribution is -2.26. The van der Waals surface area contributed by atoms with E-state index in [1.165, 1.54) is 4.90 Å². The van der Waals surface area contributed by atoms with E-state index in [2.05, 4.69) is 5.16 Å². The second kappa shape index (κ2) is 4.72. The molecule has 0 saturated heterocycles. The molecule has 1 aromatic heterocycles. The van der Waals surface area contributed by atoms with Crippen LogP contribution in [0.3, 0.4) is 0 Å². The van der Waals surface area contributed by atoms with Crippen LogP contribution >= 0.6 is 0 Å². The summed E-state index contributed by atoms with van der Waals surface area (Å²) in [5, 5.41) is 12.5. The van der Waals surface area contributed by atoms with E-state index in [4.69, 9.17) is 9.78 Å². The summed E-state index contributed by atoms with van der Waals surface area (Å²) in [5.74, 6) is 0.305. The third-order valence-electron chi connectivity index (χ3n) is 2.51. The van der Waals surface area contributed by atoms with Gasteiger partial charge in [-0.25, -0.2) is 0 Å². The van der Waals surface area contributed by atoms with Crippen LogP contribution in [0.25, 0.3) is 0 Å². The van der Waals surface area contributed by atoms with Gasteiger partial charge in [0.1, 0.15) is 5.76 Å². The molecule has 1 aromatic carbocycles. The number of aromatic nitrogens is 1. The van der Waals surface area contributed by atoms with Gasteiger partial charge in [0.05, 0.1) is 11.6 Å². The highest BCUT2D eigenvalue weighted by atomic mass is 16.5. The average molecular weight is 241 g/mol. The highest BCUT2D eigenvalue weighted by Crippen LogP contribution is 2.17. The van der Waals surface area contributed by atoms with Crippen LogP contribution < -0.4 is 4.90 Å². The van der Waals surface area contributed by atoms with E-state index in [-0.39, 0.29) is 11.6 Å². The number of nitrogens with zero attached hydrogens (tertiary/aromatic N) is 3. The molecule has 2 aromatic rings. The molecule has 0 aliphatic carbocycles. The van der Waals surface area contributed by atoms with E-state index in [0.29, 0.717) is 17.0 Å². The Morgan fingerprint density at radius 1 is 1.44 bits per heavy atom. The zero-order valence-corrected chi connectivity index (χ0v) is 10.0. The Balaban J connectivity index is 2.28. The van der Waals surface area contributed by atoms with Crippen molar-refractivity contribution in [2.24, 2.45) is 0 Å². The second-order valence-electron chi connectivity index (χ2n) is 3.85. The van der Waals surface area contributed by atoms with Crippen molar-refractivity contribution in [3.63, 3.8) is 0 Å². The number of benzene rings is 1. The highest BCUT2D eigenvalue weighted by Gasteiger charge is 2.17. The van der Waals surface area contributed by atoms with Crippen molar-refractivity contribution in [1.29, 1.82) is 5.26 Å². The molecule has 1 heterocycles. The number of hydrogen-bond acceptors (Lipinski definition) is 4. The smallest absolute Gasteiger partial charge is 0.280 e. The van der Waals surface area contributed by atoms with Gasteiger partial charge >= 0.3 is 0 Å². The Morgan fingerprint density at radius 2 is 2.22 bits per heavy atom. The van der Waals surface area contributed by atoms with E-state index in [1.54, 1.807) is 44.3 Å². The highest BCUT2D eigenvalue weighted by molar-refractivity contribution is 6.04. The number of hydrogen-bond donors (Lipinski definition) is 0. The summed E-state index contributed by atoms with van der Waals surface area (Å²) in [6.45, 7) is 1.72. The Hall–Kier alpha value is -2.61. The Morgan fingerprint density at radius 3 is 2.83 bits per heavy atom. The Kier molecular flexibility index (Phi) is 3.11. The molecule has 90 valence electrons. The SMILES string of the molecule is Cc1cc(C(=O)N(C)c2cccc(C#N)c2)no1. The molecule has 5 nitrogen and oxygen atoms in total. The van der Waals surface area contributed by atoms with Gasteiger partial charge in [-0.15, -0.1) is 0 Å². The first-order valence-corrected chi connectivity index (χ1v) is 5.33. The largest absolute Gasteiger partial charge is 0.361 e. The lowest BCUT2D eigenvalue weighted by molar-refractivity contribution is 0.0984. The Labute approximate surface area is 104 Å². The minimum Gasteiger partial charge on any atom is -0.361 e. The topological polar surface area (TPSA) is 70.1 Å². The minimum absolute atomic E-state index is 0.248.